The van der Waals surface area contributed by atoms with E-state index in [0.717, 1.165) is 30.6 Å². The van der Waals surface area contributed by atoms with Gasteiger partial charge in [0.15, 0.2) is 16.3 Å². The van der Waals surface area contributed by atoms with E-state index in [0.29, 0.717) is 34.2 Å². The minimum absolute atomic E-state index is 0.0307. The summed E-state index contributed by atoms with van der Waals surface area (Å²) in [6, 6.07) is 8.72. The van der Waals surface area contributed by atoms with Crippen LogP contribution in [0.5, 0.6) is 11.5 Å². The molecule has 2 heterocycles. The number of hydrogen-bond donors (Lipinski definition) is 0. The topological polar surface area (TPSA) is 88.4 Å². The standard InChI is InChI=1S/C30H32ClFN2O6S/c1-5-6-7-13-39-23-12-11-19(16-24(23)38-4)27-26(29(36)40-15-14-37-3)18(2)33-30-34(27)28(35)25(41-30)17-20-21(31)9-8-10-22(20)32/h8-12,16-17,27H,5-7,13-15H2,1-4H3. The van der Waals surface area contributed by atoms with Gasteiger partial charge in [0.2, 0.25) is 0 Å². The van der Waals surface area contributed by atoms with Gasteiger partial charge in [0.1, 0.15) is 12.4 Å². The maximum Gasteiger partial charge on any atom is 0.338 e. The zero-order valence-corrected chi connectivity index (χ0v) is 24.9. The zero-order valence-electron chi connectivity index (χ0n) is 23.4. The molecule has 218 valence electrons. The Morgan fingerprint density at radius 3 is 2.66 bits per heavy atom. The molecule has 2 aromatic carbocycles. The van der Waals surface area contributed by atoms with Crippen LogP contribution in [-0.4, -0.2) is 44.6 Å². The van der Waals surface area contributed by atoms with Crippen molar-refractivity contribution in [2.45, 2.75) is 39.2 Å². The number of aromatic nitrogens is 1. The lowest BCUT2D eigenvalue weighted by atomic mass is 9.95. The van der Waals surface area contributed by atoms with Gasteiger partial charge in [-0.15, -0.1) is 0 Å². The minimum Gasteiger partial charge on any atom is -0.493 e. The average molecular weight is 603 g/mol. The number of rotatable bonds is 12. The van der Waals surface area contributed by atoms with Gasteiger partial charge in [-0.2, -0.15) is 0 Å². The van der Waals surface area contributed by atoms with Gasteiger partial charge in [0, 0.05) is 12.7 Å². The number of nitrogens with zero attached hydrogens (tertiary/aromatic N) is 2. The van der Waals surface area contributed by atoms with Crippen LogP contribution in [0.25, 0.3) is 6.08 Å². The van der Waals surface area contributed by atoms with Crippen molar-refractivity contribution >= 4 is 35.0 Å². The first-order chi connectivity index (χ1) is 19.8. The Balaban J connectivity index is 1.86. The summed E-state index contributed by atoms with van der Waals surface area (Å²) in [5, 5.41) is 0.172. The van der Waals surface area contributed by atoms with Gasteiger partial charge >= 0.3 is 5.97 Å². The second-order valence-electron chi connectivity index (χ2n) is 9.31. The van der Waals surface area contributed by atoms with Crippen molar-refractivity contribution < 1.29 is 28.1 Å². The van der Waals surface area contributed by atoms with Gasteiger partial charge in [-0.05, 0) is 49.2 Å². The number of hydrogen-bond acceptors (Lipinski definition) is 8. The molecule has 0 fully saturated rings. The van der Waals surface area contributed by atoms with Crippen molar-refractivity contribution in [2.24, 2.45) is 4.99 Å². The van der Waals surface area contributed by atoms with E-state index in [2.05, 4.69) is 11.9 Å². The van der Waals surface area contributed by atoms with Gasteiger partial charge < -0.3 is 18.9 Å². The lowest BCUT2D eigenvalue weighted by Crippen LogP contribution is -2.40. The number of methoxy groups -OCH3 is 2. The molecule has 41 heavy (non-hydrogen) atoms. The molecule has 1 aromatic heterocycles. The number of carbonyl (C=O) groups is 1. The van der Waals surface area contributed by atoms with Gasteiger partial charge in [-0.3, -0.25) is 9.36 Å². The molecule has 0 N–H and O–H groups in total. The molecule has 1 aliphatic heterocycles. The minimum atomic E-state index is -0.887. The van der Waals surface area contributed by atoms with E-state index in [9.17, 15) is 14.0 Å². The molecule has 0 radical (unpaired) electrons. The van der Waals surface area contributed by atoms with Crippen molar-refractivity contribution in [1.82, 2.24) is 4.57 Å². The number of allylic oxidation sites excluding steroid dienone is 1. The molecule has 3 aromatic rings. The summed E-state index contributed by atoms with van der Waals surface area (Å²) >= 11 is 7.31. The number of unbranched alkanes of at least 4 members (excludes halogenated alkanes) is 2. The summed E-state index contributed by atoms with van der Waals surface area (Å²) in [4.78, 5) is 32.1. The van der Waals surface area contributed by atoms with E-state index >= 15 is 0 Å². The lowest BCUT2D eigenvalue weighted by Gasteiger charge is -2.25. The molecule has 11 heteroatoms. The molecular formula is C30H32ClFN2O6S. The van der Waals surface area contributed by atoms with Crippen LogP contribution in [0.1, 0.15) is 50.3 Å². The predicted octanol–water partition coefficient (Wildman–Crippen LogP) is 4.79. The first kappa shape index (κ1) is 30.5. The van der Waals surface area contributed by atoms with E-state index < -0.39 is 23.4 Å². The van der Waals surface area contributed by atoms with Gasteiger partial charge in [0.25, 0.3) is 5.56 Å². The number of benzene rings is 2. The van der Waals surface area contributed by atoms with Gasteiger partial charge in [-0.1, -0.05) is 54.8 Å². The number of ether oxygens (including phenoxy) is 4. The predicted molar refractivity (Wildman–Crippen MR) is 156 cm³/mol. The Bertz CT molecular complexity index is 1610. The van der Waals surface area contributed by atoms with Gasteiger partial charge in [-0.25, -0.2) is 14.2 Å². The van der Waals surface area contributed by atoms with Crippen LogP contribution in [-0.2, 0) is 14.3 Å². The molecule has 0 bridgehead atoms. The quantitative estimate of drug-likeness (QED) is 0.219. The van der Waals surface area contributed by atoms with Crippen LogP contribution in [0.15, 0.2) is 57.5 Å². The molecular weight excluding hydrogens is 571 g/mol. The molecule has 0 saturated carbocycles. The Kier molecular flexibility index (Phi) is 10.4. The second kappa shape index (κ2) is 13.9. The van der Waals surface area contributed by atoms with Crippen molar-refractivity contribution in [3.8, 4) is 11.5 Å². The fraction of sp³-hybridized carbons (Fsp3) is 0.367. The van der Waals surface area contributed by atoms with Crippen LogP contribution in [0, 0.1) is 5.82 Å². The molecule has 8 nitrogen and oxygen atoms in total. The first-order valence-electron chi connectivity index (χ1n) is 13.2. The molecule has 0 aliphatic carbocycles. The highest BCUT2D eigenvalue weighted by molar-refractivity contribution is 7.07. The maximum atomic E-state index is 14.6. The molecule has 1 atom stereocenters. The highest BCUT2D eigenvalue weighted by atomic mass is 35.5. The van der Waals surface area contributed by atoms with E-state index in [4.69, 9.17) is 30.5 Å². The molecule has 1 aliphatic rings. The Morgan fingerprint density at radius 2 is 1.95 bits per heavy atom. The summed E-state index contributed by atoms with van der Waals surface area (Å²) in [6.45, 7) is 4.59. The molecule has 0 amide bonds. The molecule has 0 saturated heterocycles. The third-order valence-electron chi connectivity index (χ3n) is 6.55. The largest absolute Gasteiger partial charge is 0.493 e. The summed E-state index contributed by atoms with van der Waals surface area (Å²) in [5.41, 5.74) is 0.826. The number of carbonyl (C=O) groups excluding carboxylic acids is 1. The summed E-state index contributed by atoms with van der Waals surface area (Å²) < 4.78 is 38.2. The van der Waals surface area contributed by atoms with Crippen molar-refractivity contribution in [1.29, 1.82) is 0 Å². The summed E-state index contributed by atoms with van der Waals surface area (Å²) in [6.07, 6.45) is 4.43. The number of thiazole rings is 1. The molecule has 4 rings (SSSR count). The van der Waals surface area contributed by atoms with Crippen LogP contribution >= 0.6 is 22.9 Å². The number of esters is 1. The third kappa shape index (κ3) is 6.72. The van der Waals surface area contributed by atoms with Gasteiger partial charge in [0.05, 0.1) is 47.2 Å². The smallest absolute Gasteiger partial charge is 0.338 e. The normalized spacial score (nSPS) is 15.0. The van der Waals surface area contributed by atoms with Crippen molar-refractivity contribution in [3.63, 3.8) is 0 Å². The maximum absolute atomic E-state index is 14.6. The SMILES string of the molecule is CCCCCOc1ccc(C2C(C(=O)OCCOC)=C(C)N=c3sc(=Cc4c(F)cccc4Cl)c(=O)n32)cc1OC. The van der Waals surface area contributed by atoms with Crippen molar-refractivity contribution in [3.05, 3.63) is 89.3 Å². The zero-order chi connectivity index (χ0) is 29.5. The highest BCUT2D eigenvalue weighted by Gasteiger charge is 2.34. The van der Waals surface area contributed by atoms with Crippen LogP contribution in [0.2, 0.25) is 5.02 Å². The van der Waals surface area contributed by atoms with E-state index in [1.165, 1.54) is 37.0 Å². The second-order valence-corrected chi connectivity index (χ2v) is 10.7. The average Bonchev–Trinajstić information content (AvgIpc) is 3.26. The van der Waals surface area contributed by atoms with Crippen molar-refractivity contribution in [2.75, 3.05) is 34.0 Å². The fourth-order valence-corrected chi connectivity index (χ4v) is 5.73. The first-order valence-corrected chi connectivity index (χ1v) is 14.4. The van der Waals surface area contributed by atoms with Crippen LogP contribution < -0.4 is 24.4 Å². The number of halogens is 2. The lowest BCUT2D eigenvalue weighted by molar-refractivity contribution is -0.140. The summed E-state index contributed by atoms with van der Waals surface area (Å²) in [7, 11) is 3.04. The summed E-state index contributed by atoms with van der Waals surface area (Å²) in [5.74, 6) is -0.170. The Morgan fingerprint density at radius 1 is 1.15 bits per heavy atom. The molecule has 0 spiro atoms. The van der Waals surface area contributed by atoms with E-state index in [-0.39, 0.29) is 33.9 Å². The monoisotopic (exact) mass is 602 g/mol. The Hall–Kier alpha value is -3.47. The molecule has 1 unspecified atom stereocenters. The Labute approximate surface area is 246 Å². The van der Waals surface area contributed by atoms with E-state index in [1.807, 2.05) is 0 Å². The van der Waals surface area contributed by atoms with Crippen LogP contribution in [0.3, 0.4) is 0 Å². The third-order valence-corrected chi connectivity index (χ3v) is 7.86. The van der Waals surface area contributed by atoms with Crippen LogP contribution in [0.4, 0.5) is 4.39 Å². The highest BCUT2D eigenvalue weighted by Crippen LogP contribution is 2.36. The fourth-order valence-electron chi connectivity index (χ4n) is 4.48. The van der Waals surface area contributed by atoms with E-state index in [1.54, 1.807) is 31.2 Å². The number of fused-ring (bicyclic) bond motifs is 1.